The number of unbranched alkanes of at least 4 members (excludes halogenated alkanes) is 1. The van der Waals surface area contributed by atoms with Gasteiger partial charge < -0.3 is 9.88 Å². The van der Waals surface area contributed by atoms with E-state index in [4.69, 9.17) is 11.6 Å². The van der Waals surface area contributed by atoms with Crippen LogP contribution in [0.25, 0.3) is 0 Å². The number of hydrogen-bond donors (Lipinski definition) is 1. The van der Waals surface area contributed by atoms with Crippen LogP contribution in [-0.4, -0.2) is 16.1 Å². The van der Waals surface area contributed by atoms with E-state index in [0.717, 1.165) is 24.8 Å². The molecule has 0 aliphatic carbocycles. The highest BCUT2D eigenvalue weighted by molar-refractivity contribution is 6.29. The molecule has 0 unspecified atom stereocenters. The number of hydrogen-bond acceptors (Lipinski definition) is 2. The minimum atomic E-state index is 0.691. The van der Waals surface area contributed by atoms with Crippen LogP contribution in [-0.2, 0) is 13.6 Å². The molecular weight excluding hydrogens is 222 g/mol. The second-order valence-corrected chi connectivity index (χ2v) is 5.01. The second kappa shape index (κ2) is 6.92. The van der Waals surface area contributed by atoms with Crippen LogP contribution in [0.2, 0.25) is 5.15 Å². The van der Waals surface area contributed by atoms with Crippen LogP contribution in [0.15, 0.2) is 6.20 Å². The summed E-state index contributed by atoms with van der Waals surface area (Å²) < 4.78 is 1.91. The summed E-state index contributed by atoms with van der Waals surface area (Å²) in [5, 5.41) is 4.08. The van der Waals surface area contributed by atoms with Crippen LogP contribution in [0.4, 0.5) is 0 Å². The maximum Gasteiger partial charge on any atom is 0.128 e. The monoisotopic (exact) mass is 243 g/mol. The fourth-order valence-electron chi connectivity index (χ4n) is 1.59. The predicted octanol–water partition coefficient (Wildman–Crippen LogP) is 2.99. The van der Waals surface area contributed by atoms with Gasteiger partial charge in [-0.25, -0.2) is 4.98 Å². The zero-order valence-electron chi connectivity index (χ0n) is 10.5. The molecule has 0 fully saturated rings. The molecule has 0 radical (unpaired) electrons. The van der Waals surface area contributed by atoms with Crippen LogP contribution in [0.5, 0.6) is 0 Å². The van der Waals surface area contributed by atoms with Gasteiger partial charge in [0.05, 0.1) is 12.7 Å². The normalized spacial score (nSPS) is 11.3. The van der Waals surface area contributed by atoms with Crippen molar-refractivity contribution in [2.75, 3.05) is 6.54 Å². The molecule has 0 spiro atoms. The molecule has 92 valence electrons. The van der Waals surface area contributed by atoms with Gasteiger partial charge in [-0.15, -0.1) is 0 Å². The molecule has 3 nitrogen and oxygen atoms in total. The van der Waals surface area contributed by atoms with Crippen LogP contribution in [0.3, 0.4) is 0 Å². The maximum absolute atomic E-state index is 5.90. The largest absolute Gasteiger partial charge is 0.321 e. The van der Waals surface area contributed by atoms with Crippen molar-refractivity contribution in [1.82, 2.24) is 14.9 Å². The van der Waals surface area contributed by atoms with Gasteiger partial charge in [0.2, 0.25) is 0 Å². The molecule has 1 rings (SSSR count). The molecule has 1 N–H and O–H groups in total. The predicted molar refractivity (Wildman–Crippen MR) is 68.6 cm³/mol. The second-order valence-electron chi connectivity index (χ2n) is 4.62. The standard InChI is InChI=1S/C12H22ClN3/c1-10(2)6-4-5-7-14-9-12-15-8-11(13)16(12)3/h8,10,14H,4-7,9H2,1-3H3. The topological polar surface area (TPSA) is 29.9 Å². The molecule has 0 aromatic carbocycles. The van der Waals surface area contributed by atoms with E-state index in [2.05, 4.69) is 24.1 Å². The van der Waals surface area contributed by atoms with E-state index in [-0.39, 0.29) is 0 Å². The SMILES string of the molecule is CC(C)CCCCNCc1ncc(Cl)n1C. The van der Waals surface area contributed by atoms with Gasteiger partial charge in [0.25, 0.3) is 0 Å². The first kappa shape index (κ1) is 13.5. The minimum absolute atomic E-state index is 0.691. The molecule has 0 aliphatic heterocycles. The summed E-state index contributed by atoms with van der Waals surface area (Å²) >= 11 is 5.90. The Morgan fingerprint density at radius 3 is 2.75 bits per heavy atom. The molecule has 16 heavy (non-hydrogen) atoms. The highest BCUT2D eigenvalue weighted by Crippen LogP contribution is 2.09. The Balaban J connectivity index is 2.10. The quantitative estimate of drug-likeness (QED) is 0.747. The Kier molecular flexibility index (Phi) is 5.85. The van der Waals surface area contributed by atoms with E-state index in [0.29, 0.717) is 5.15 Å². The molecule has 0 saturated heterocycles. The molecule has 0 amide bonds. The first-order valence-corrected chi connectivity index (χ1v) is 6.36. The number of aromatic nitrogens is 2. The summed E-state index contributed by atoms with van der Waals surface area (Å²) in [5.74, 6) is 1.81. The van der Waals surface area contributed by atoms with Gasteiger partial charge in [-0.05, 0) is 18.9 Å². The molecule has 0 bridgehead atoms. The van der Waals surface area contributed by atoms with E-state index >= 15 is 0 Å². The van der Waals surface area contributed by atoms with Gasteiger partial charge in [-0.2, -0.15) is 0 Å². The number of nitrogens with zero attached hydrogens (tertiary/aromatic N) is 2. The smallest absolute Gasteiger partial charge is 0.128 e. The molecular formula is C12H22ClN3. The highest BCUT2D eigenvalue weighted by atomic mass is 35.5. The summed E-state index contributed by atoms with van der Waals surface area (Å²) in [6, 6.07) is 0. The number of nitrogens with one attached hydrogen (secondary N) is 1. The lowest BCUT2D eigenvalue weighted by Gasteiger charge is -2.06. The Hall–Kier alpha value is -0.540. The Bertz CT molecular complexity index is 307. The van der Waals surface area contributed by atoms with Gasteiger partial charge in [-0.1, -0.05) is 38.3 Å². The molecule has 1 aromatic rings. The van der Waals surface area contributed by atoms with Gasteiger partial charge >= 0.3 is 0 Å². The third kappa shape index (κ3) is 4.54. The van der Waals surface area contributed by atoms with Crippen molar-refractivity contribution in [3.63, 3.8) is 0 Å². The Labute approximate surface area is 103 Å². The van der Waals surface area contributed by atoms with Crippen LogP contribution in [0.1, 0.15) is 38.9 Å². The Morgan fingerprint density at radius 2 is 2.19 bits per heavy atom. The van der Waals surface area contributed by atoms with Crippen LogP contribution in [0, 0.1) is 5.92 Å². The van der Waals surface area contributed by atoms with E-state index in [1.54, 1.807) is 6.20 Å². The summed E-state index contributed by atoms with van der Waals surface area (Å²) in [6.45, 7) is 6.38. The lowest BCUT2D eigenvalue weighted by Crippen LogP contribution is -2.17. The molecule has 4 heteroatoms. The lowest BCUT2D eigenvalue weighted by molar-refractivity contribution is 0.516. The number of rotatable bonds is 7. The van der Waals surface area contributed by atoms with Crippen molar-refractivity contribution in [2.24, 2.45) is 13.0 Å². The lowest BCUT2D eigenvalue weighted by atomic mass is 10.1. The van der Waals surface area contributed by atoms with Crippen molar-refractivity contribution in [2.45, 2.75) is 39.7 Å². The van der Waals surface area contributed by atoms with E-state index in [9.17, 15) is 0 Å². The number of halogens is 1. The molecule has 1 heterocycles. The van der Waals surface area contributed by atoms with Gasteiger partial charge in [-0.3, -0.25) is 0 Å². The minimum Gasteiger partial charge on any atom is -0.321 e. The summed E-state index contributed by atoms with van der Waals surface area (Å²) in [5.41, 5.74) is 0. The highest BCUT2D eigenvalue weighted by Gasteiger charge is 2.02. The average Bonchev–Trinajstić information content (AvgIpc) is 2.54. The average molecular weight is 244 g/mol. The molecule has 0 atom stereocenters. The fourth-order valence-corrected chi connectivity index (χ4v) is 1.74. The van der Waals surface area contributed by atoms with E-state index in [1.165, 1.54) is 19.3 Å². The Morgan fingerprint density at radius 1 is 1.44 bits per heavy atom. The fraction of sp³-hybridized carbons (Fsp3) is 0.750. The van der Waals surface area contributed by atoms with Gasteiger partial charge in [0.1, 0.15) is 11.0 Å². The van der Waals surface area contributed by atoms with Gasteiger partial charge in [0, 0.05) is 7.05 Å². The van der Waals surface area contributed by atoms with Crippen molar-refractivity contribution in [1.29, 1.82) is 0 Å². The third-order valence-electron chi connectivity index (χ3n) is 2.70. The van der Waals surface area contributed by atoms with Crippen molar-refractivity contribution < 1.29 is 0 Å². The summed E-state index contributed by atoms with van der Waals surface area (Å²) in [4.78, 5) is 4.23. The van der Waals surface area contributed by atoms with E-state index < -0.39 is 0 Å². The van der Waals surface area contributed by atoms with Crippen molar-refractivity contribution in [3.05, 3.63) is 17.2 Å². The number of imidazole rings is 1. The molecule has 0 saturated carbocycles. The summed E-state index contributed by atoms with van der Waals surface area (Å²) in [7, 11) is 1.94. The first-order chi connectivity index (χ1) is 7.61. The van der Waals surface area contributed by atoms with E-state index in [1.807, 2.05) is 11.6 Å². The first-order valence-electron chi connectivity index (χ1n) is 5.98. The maximum atomic E-state index is 5.90. The van der Waals surface area contributed by atoms with Crippen molar-refractivity contribution >= 4 is 11.6 Å². The molecule has 0 aliphatic rings. The zero-order chi connectivity index (χ0) is 12.0. The third-order valence-corrected chi connectivity index (χ3v) is 3.05. The van der Waals surface area contributed by atoms with Crippen molar-refractivity contribution in [3.8, 4) is 0 Å². The summed E-state index contributed by atoms with van der Waals surface area (Å²) in [6.07, 6.45) is 5.54. The zero-order valence-corrected chi connectivity index (χ0v) is 11.2. The molecule has 1 aromatic heterocycles. The van der Waals surface area contributed by atoms with Gasteiger partial charge in [0.15, 0.2) is 0 Å². The van der Waals surface area contributed by atoms with Crippen LogP contribution >= 0.6 is 11.6 Å². The van der Waals surface area contributed by atoms with Crippen LogP contribution < -0.4 is 5.32 Å².